The highest BCUT2D eigenvalue weighted by molar-refractivity contribution is 7.03. The molecule has 160 valence electrons. The van der Waals surface area contributed by atoms with Crippen LogP contribution in [0.4, 0.5) is 5.69 Å². The van der Waals surface area contributed by atoms with E-state index in [4.69, 9.17) is 0 Å². The second-order valence-electron chi connectivity index (χ2n) is 8.06. The molecule has 0 spiro atoms. The minimum Gasteiger partial charge on any atom is -0.351 e. The van der Waals surface area contributed by atoms with Gasteiger partial charge in [0.05, 0.1) is 0 Å². The van der Waals surface area contributed by atoms with Crippen LogP contribution in [0, 0.1) is 13.8 Å². The van der Waals surface area contributed by atoms with Crippen molar-refractivity contribution in [1.82, 2.24) is 14.9 Å². The first-order valence-electron chi connectivity index (χ1n) is 10.6. The third-order valence-electron chi connectivity index (χ3n) is 5.74. The predicted octanol–water partition coefficient (Wildman–Crippen LogP) is 4.60. The van der Waals surface area contributed by atoms with Crippen LogP contribution in [0.25, 0.3) is 0 Å². The van der Waals surface area contributed by atoms with E-state index in [1.165, 1.54) is 0 Å². The average Bonchev–Trinajstić information content (AvgIpc) is 3.46. The second kappa shape index (κ2) is 9.39. The number of rotatable bonds is 6. The standard InChI is InChI=1S/C24H26N4O2S/c1-16-8-7-10-18(14-16)22(23(29)25-19-11-4-5-12-19)28(21-13-6-3-9-17(21)2)24(30)20-15-31-27-26-20/h3,6-10,13-15,19,22H,4-5,11-12H2,1-2H3,(H,25,29)/t22-/m1/s1. The molecule has 0 saturated heterocycles. The first-order valence-corrected chi connectivity index (χ1v) is 11.4. The third-order valence-corrected chi connectivity index (χ3v) is 6.24. The number of benzene rings is 2. The van der Waals surface area contributed by atoms with Crippen LogP contribution in [0.2, 0.25) is 0 Å². The topological polar surface area (TPSA) is 75.2 Å². The Kier molecular flexibility index (Phi) is 6.42. The summed E-state index contributed by atoms with van der Waals surface area (Å²) in [5, 5.41) is 8.82. The molecule has 6 nitrogen and oxygen atoms in total. The molecule has 1 heterocycles. The van der Waals surface area contributed by atoms with E-state index in [0.29, 0.717) is 5.69 Å². The van der Waals surface area contributed by atoms with Crippen molar-refractivity contribution in [3.05, 3.63) is 76.3 Å². The monoisotopic (exact) mass is 434 g/mol. The van der Waals surface area contributed by atoms with Crippen molar-refractivity contribution in [2.75, 3.05) is 4.90 Å². The van der Waals surface area contributed by atoms with Gasteiger partial charge in [-0.2, -0.15) is 0 Å². The fraction of sp³-hybridized carbons (Fsp3) is 0.333. The zero-order valence-corrected chi connectivity index (χ0v) is 18.6. The van der Waals surface area contributed by atoms with Gasteiger partial charge < -0.3 is 5.32 Å². The maximum Gasteiger partial charge on any atom is 0.280 e. The molecule has 0 unspecified atom stereocenters. The Bertz CT molecular complexity index is 1060. The lowest BCUT2D eigenvalue weighted by molar-refractivity contribution is -0.123. The third kappa shape index (κ3) is 4.66. The van der Waals surface area contributed by atoms with Crippen molar-refractivity contribution >= 4 is 29.0 Å². The Labute approximate surface area is 186 Å². The average molecular weight is 435 g/mol. The second-order valence-corrected chi connectivity index (χ2v) is 8.67. The molecule has 3 aromatic rings. The highest BCUT2D eigenvalue weighted by Gasteiger charge is 2.36. The van der Waals surface area contributed by atoms with Crippen LogP contribution in [0.3, 0.4) is 0 Å². The van der Waals surface area contributed by atoms with Gasteiger partial charge in [0.25, 0.3) is 5.91 Å². The van der Waals surface area contributed by atoms with Crippen molar-refractivity contribution in [2.45, 2.75) is 51.6 Å². The molecule has 1 atom stereocenters. The van der Waals surface area contributed by atoms with Gasteiger partial charge in [0.2, 0.25) is 5.91 Å². The summed E-state index contributed by atoms with van der Waals surface area (Å²) < 4.78 is 3.86. The van der Waals surface area contributed by atoms with Crippen LogP contribution >= 0.6 is 11.5 Å². The Balaban J connectivity index is 1.83. The molecule has 31 heavy (non-hydrogen) atoms. The smallest absolute Gasteiger partial charge is 0.280 e. The van der Waals surface area contributed by atoms with E-state index in [1.807, 2.05) is 62.4 Å². The summed E-state index contributed by atoms with van der Waals surface area (Å²) in [4.78, 5) is 28.9. The molecule has 2 aromatic carbocycles. The van der Waals surface area contributed by atoms with E-state index in [-0.39, 0.29) is 23.6 Å². The Morgan fingerprint density at radius 1 is 1.10 bits per heavy atom. The predicted molar refractivity (Wildman–Crippen MR) is 122 cm³/mol. The first-order chi connectivity index (χ1) is 15.0. The molecule has 1 saturated carbocycles. The summed E-state index contributed by atoms with van der Waals surface area (Å²) in [5.74, 6) is -0.506. The number of nitrogens with zero attached hydrogens (tertiary/aromatic N) is 3. The van der Waals surface area contributed by atoms with Crippen molar-refractivity contribution in [1.29, 1.82) is 0 Å². The summed E-state index contributed by atoms with van der Waals surface area (Å²) in [6.45, 7) is 3.93. The SMILES string of the molecule is Cc1cccc([C@H](C(=O)NC2CCCC2)N(C(=O)c2csnn2)c2ccccc2C)c1. The summed E-state index contributed by atoms with van der Waals surface area (Å²) in [6.07, 6.45) is 4.18. The normalized spacial score (nSPS) is 14.9. The van der Waals surface area contributed by atoms with Gasteiger partial charge in [-0.25, -0.2) is 0 Å². The van der Waals surface area contributed by atoms with E-state index < -0.39 is 6.04 Å². The van der Waals surface area contributed by atoms with E-state index in [9.17, 15) is 9.59 Å². The summed E-state index contributed by atoms with van der Waals surface area (Å²) >= 11 is 1.12. The molecule has 1 aromatic heterocycles. The fourth-order valence-corrected chi connectivity index (χ4v) is 4.62. The number of carbonyl (C=O) groups is 2. The largest absolute Gasteiger partial charge is 0.351 e. The maximum absolute atomic E-state index is 13.7. The summed E-state index contributed by atoms with van der Waals surface area (Å²) in [7, 11) is 0. The molecule has 4 rings (SSSR count). The number of para-hydroxylation sites is 1. The summed E-state index contributed by atoms with van der Waals surface area (Å²) in [6, 6.07) is 14.7. The number of carbonyl (C=O) groups excluding carboxylic acids is 2. The number of nitrogens with one attached hydrogen (secondary N) is 1. The molecule has 1 fully saturated rings. The molecule has 7 heteroatoms. The highest BCUT2D eigenvalue weighted by Crippen LogP contribution is 2.33. The maximum atomic E-state index is 13.7. The first kappa shape index (κ1) is 21.2. The lowest BCUT2D eigenvalue weighted by atomic mass is 9.99. The quantitative estimate of drug-likeness (QED) is 0.615. The number of aryl methyl sites for hydroxylation is 2. The molecule has 1 aliphatic rings. The Hall–Kier alpha value is -3.06. The minimum absolute atomic E-state index is 0.148. The van der Waals surface area contributed by atoms with E-state index in [2.05, 4.69) is 14.9 Å². The highest BCUT2D eigenvalue weighted by atomic mass is 32.1. The number of aromatic nitrogens is 2. The van der Waals surface area contributed by atoms with Crippen LogP contribution in [0.5, 0.6) is 0 Å². The van der Waals surface area contributed by atoms with Gasteiger partial charge in [0.15, 0.2) is 5.69 Å². The molecular formula is C24H26N4O2S. The molecule has 2 amide bonds. The van der Waals surface area contributed by atoms with Gasteiger partial charge in [0.1, 0.15) is 6.04 Å². The van der Waals surface area contributed by atoms with Gasteiger partial charge in [-0.15, -0.1) is 5.10 Å². The molecule has 0 aliphatic heterocycles. The number of hydrogen-bond acceptors (Lipinski definition) is 5. The molecule has 0 bridgehead atoms. The van der Waals surface area contributed by atoms with Crippen LogP contribution in [0.1, 0.15) is 58.9 Å². The van der Waals surface area contributed by atoms with Gasteiger partial charge in [-0.05, 0) is 55.4 Å². The van der Waals surface area contributed by atoms with Crippen molar-refractivity contribution < 1.29 is 9.59 Å². The van der Waals surface area contributed by atoms with Gasteiger partial charge in [-0.3, -0.25) is 14.5 Å². The van der Waals surface area contributed by atoms with Crippen molar-refractivity contribution in [3.63, 3.8) is 0 Å². The van der Waals surface area contributed by atoms with Gasteiger partial charge in [0, 0.05) is 17.1 Å². The minimum atomic E-state index is -0.809. The van der Waals surface area contributed by atoms with Crippen LogP contribution < -0.4 is 10.2 Å². The van der Waals surface area contributed by atoms with E-state index in [0.717, 1.165) is 53.9 Å². The Morgan fingerprint density at radius 3 is 2.55 bits per heavy atom. The van der Waals surface area contributed by atoms with E-state index in [1.54, 1.807) is 10.3 Å². The number of hydrogen-bond donors (Lipinski definition) is 1. The fourth-order valence-electron chi connectivity index (χ4n) is 4.19. The lowest BCUT2D eigenvalue weighted by Crippen LogP contribution is -2.46. The van der Waals surface area contributed by atoms with Crippen molar-refractivity contribution in [3.8, 4) is 0 Å². The van der Waals surface area contributed by atoms with Gasteiger partial charge in [-0.1, -0.05) is 65.4 Å². The lowest BCUT2D eigenvalue weighted by Gasteiger charge is -2.33. The molecular weight excluding hydrogens is 408 g/mol. The zero-order chi connectivity index (χ0) is 21.8. The van der Waals surface area contributed by atoms with Crippen molar-refractivity contribution in [2.24, 2.45) is 0 Å². The summed E-state index contributed by atoms with van der Waals surface area (Å²) in [5.41, 5.74) is 3.64. The van der Waals surface area contributed by atoms with Crippen LogP contribution in [-0.4, -0.2) is 27.4 Å². The number of anilines is 1. The number of amides is 2. The molecule has 1 aliphatic carbocycles. The van der Waals surface area contributed by atoms with Crippen LogP contribution in [0.15, 0.2) is 53.9 Å². The van der Waals surface area contributed by atoms with E-state index >= 15 is 0 Å². The molecule has 0 radical (unpaired) electrons. The van der Waals surface area contributed by atoms with Crippen LogP contribution in [-0.2, 0) is 4.79 Å². The Morgan fingerprint density at radius 2 is 1.87 bits per heavy atom. The zero-order valence-electron chi connectivity index (χ0n) is 17.7. The van der Waals surface area contributed by atoms with Gasteiger partial charge >= 0.3 is 0 Å². The molecule has 1 N–H and O–H groups in total.